The summed E-state index contributed by atoms with van der Waals surface area (Å²) < 4.78 is 5.37. The smallest absolute Gasteiger partial charge is 0.272 e. The largest absolute Gasteiger partial charge is 0.379 e. The number of thiazole rings is 1. The van der Waals surface area contributed by atoms with Crippen molar-refractivity contribution < 1.29 is 9.53 Å². The van der Waals surface area contributed by atoms with Crippen LogP contribution in [0.1, 0.15) is 15.5 Å². The van der Waals surface area contributed by atoms with E-state index < -0.39 is 0 Å². The second-order valence-corrected chi connectivity index (χ2v) is 6.30. The number of morpholine rings is 1. The van der Waals surface area contributed by atoms with Crippen LogP contribution in [0, 0.1) is 0 Å². The molecule has 0 atom stereocenters. The first-order valence-corrected chi connectivity index (χ1v) is 8.59. The number of carbonyl (C=O) groups is 1. The summed E-state index contributed by atoms with van der Waals surface area (Å²) in [6.45, 7) is 5.40. The first-order valence-electron chi connectivity index (χ1n) is 7.72. The number of aromatic nitrogens is 2. The Morgan fingerprint density at radius 2 is 2.13 bits per heavy atom. The summed E-state index contributed by atoms with van der Waals surface area (Å²) in [5, 5.41) is 2.87. The van der Waals surface area contributed by atoms with Gasteiger partial charge in [-0.05, 0) is 12.1 Å². The van der Waals surface area contributed by atoms with E-state index in [1.54, 1.807) is 29.8 Å². The number of carbonyl (C=O) groups excluding carboxylic acids is 1. The van der Waals surface area contributed by atoms with Crippen molar-refractivity contribution in [1.29, 1.82) is 0 Å². The summed E-state index contributed by atoms with van der Waals surface area (Å²) in [5.41, 5.74) is 0.478. The van der Waals surface area contributed by atoms with Gasteiger partial charge < -0.3 is 9.64 Å². The van der Waals surface area contributed by atoms with Crippen molar-refractivity contribution in [3.8, 4) is 0 Å². The minimum Gasteiger partial charge on any atom is -0.379 e. The van der Waals surface area contributed by atoms with Gasteiger partial charge in [-0.3, -0.25) is 14.7 Å². The molecule has 122 valence electrons. The maximum atomic E-state index is 12.7. The fraction of sp³-hybridized carbons (Fsp3) is 0.438. The minimum absolute atomic E-state index is 0.0472. The molecule has 0 spiro atoms. The van der Waals surface area contributed by atoms with E-state index >= 15 is 0 Å². The average Bonchev–Trinajstić information content (AvgIpc) is 3.13. The molecule has 2 aromatic heterocycles. The normalized spacial score (nSPS) is 15.5. The molecule has 1 fully saturated rings. The molecule has 0 saturated carbocycles. The molecule has 0 radical (unpaired) electrons. The predicted octanol–water partition coefficient (Wildman–Crippen LogP) is 1.51. The molecule has 23 heavy (non-hydrogen) atoms. The molecule has 3 heterocycles. The number of nitrogens with zero attached hydrogens (tertiary/aromatic N) is 4. The van der Waals surface area contributed by atoms with E-state index in [1.807, 2.05) is 22.4 Å². The van der Waals surface area contributed by atoms with E-state index in [0.717, 1.165) is 37.9 Å². The van der Waals surface area contributed by atoms with Crippen LogP contribution < -0.4 is 0 Å². The van der Waals surface area contributed by atoms with Crippen molar-refractivity contribution in [3.63, 3.8) is 0 Å². The molecular formula is C16H20N4O2S. The Bertz CT molecular complexity index is 600. The minimum atomic E-state index is -0.0472. The Hall–Kier alpha value is -1.83. The Morgan fingerprint density at radius 1 is 1.26 bits per heavy atom. The van der Waals surface area contributed by atoms with Gasteiger partial charge in [-0.15, -0.1) is 11.3 Å². The topological polar surface area (TPSA) is 58.6 Å². The third-order valence-electron chi connectivity index (χ3n) is 3.77. The molecule has 1 aliphatic heterocycles. The first-order chi connectivity index (χ1) is 11.3. The first kappa shape index (κ1) is 16.0. The fourth-order valence-electron chi connectivity index (χ4n) is 2.48. The van der Waals surface area contributed by atoms with Gasteiger partial charge >= 0.3 is 0 Å². The number of pyridine rings is 1. The van der Waals surface area contributed by atoms with E-state index in [4.69, 9.17) is 4.74 Å². The standard InChI is InChI=1S/C16H20N4O2S/c21-16(14-3-1-2-4-17-14)20(13-15-18-5-12-23-15)7-6-19-8-10-22-11-9-19/h1-5,12H,6-11,13H2. The molecule has 0 N–H and O–H groups in total. The number of ether oxygens (including phenoxy) is 1. The highest BCUT2D eigenvalue weighted by Crippen LogP contribution is 2.11. The Balaban J connectivity index is 1.66. The molecule has 3 rings (SSSR count). The molecule has 0 aromatic carbocycles. The predicted molar refractivity (Wildman–Crippen MR) is 88.4 cm³/mol. The van der Waals surface area contributed by atoms with E-state index in [1.165, 1.54) is 0 Å². The van der Waals surface area contributed by atoms with Gasteiger partial charge in [0.15, 0.2) is 0 Å². The summed E-state index contributed by atoms with van der Waals surface area (Å²) in [7, 11) is 0. The van der Waals surface area contributed by atoms with Crippen molar-refractivity contribution >= 4 is 17.2 Å². The monoisotopic (exact) mass is 332 g/mol. The van der Waals surface area contributed by atoms with Crippen molar-refractivity contribution in [2.75, 3.05) is 39.4 Å². The van der Waals surface area contributed by atoms with Crippen molar-refractivity contribution in [1.82, 2.24) is 19.8 Å². The third-order valence-corrected chi connectivity index (χ3v) is 4.54. The highest BCUT2D eigenvalue weighted by atomic mass is 32.1. The van der Waals surface area contributed by atoms with E-state index in [0.29, 0.717) is 18.8 Å². The summed E-state index contributed by atoms with van der Waals surface area (Å²) >= 11 is 1.57. The van der Waals surface area contributed by atoms with Gasteiger partial charge in [-0.25, -0.2) is 4.98 Å². The molecule has 2 aromatic rings. The van der Waals surface area contributed by atoms with Crippen LogP contribution in [-0.2, 0) is 11.3 Å². The van der Waals surface area contributed by atoms with E-state index in [2.05, 4.69) is 14.9 Å². The number of amides is 1. The molecule has 1 saturated heterocycles. The Kier molecular flexibility index (Phi) is 5.68. The number of hydrogen-bond acceptors (Lipinski definition) is 6. The zero-order valence-corrected chi connectivity index (χ0v) is 13.7. The van der Waals surface area contributed by atoms with Gasteiger partial charge in [0.2, 0.25) is 0 Å². The third kappa shape index (κ3) is 4.57. The molecule has 7 heteroatoms. The molecular weight excluding hydrogens is 312 g/mol. The van der Waals surface area contributed by atoms with Crippen LogP contribution in [0.25, 0.3) is 0 Å². The highest BCUT2D eigenvalue weighted by molar-refractivity contribution is 7.09. The summed E-state index contributed by atoms with van der Waals surface area (Å²) in [5.74, 6) is -0.0472. The quantitative estimate of drug-likeness (QED) is 0.803. The second kappa shape index (κ2) is 8.14. The summed E-state index contributed by atoms with van der Waals surface area (Å²) in [4.78, 5) is 25.4. The SMILES string of the molecule is O=C(c1ccccn1)N(CCN1CCOCC1)Cc1nccs1. The van der Waals surface area contributed by atoms with Crippen LogP contribution in [-0.4, -0.2) is 65.1 Å². The van der Waals surface area contributed by atoms with Crippen LogP contribution in [0.4, 0.5) is 0 Å². The lowest BCUT2D eigenvalue weighted by Crippen LogP contribution is -2.43. The lowest BCUT2D eigenvalue weighted by molar-refractivity contribution is 0.0319. The second-order valence-electron chi connectivity index (χ2n) is 5.32. The number of hydrogen-bond donors (Lipinski definition) is 0. The fourth-order valence-corrected chi connectivity index (χ4v) is 3.12. The molecule has 6 nitrogen and oxygen atoms in total. The van der Waals surface area contributed by atoms with Crippen LogP contribution in [0.2, 0.25) is 0 Å². The Morgan fingerprint density at radius 3 is 2.83 bits per heavy atom. The summed E-state index contributed by atoms with van der Waals surface area (Å²) in [6, 6.07) is 5.41. The van der Waals surface area contributed by atoms with Crippen molar-refractivity contribution in [2.45, 2.75) is 6.54 Å². The van der Waals surface area contributed by atoms with E-state index in [9.17, 15) is 4.79 Å². The zero-order valence-electron chi connectivity index (χ0n) is 12.9. The van der Waals surface area contributed by atoms with Crippen LogP contribution >= 0.6 is 11.3 Å². The van der Waals surface area contributed by atoms with Crippen molar-refractivity contribution in [3.05, 3.63) is 46.7 Å². The van der Waals surface area contributed by atoms with Crippen LogP contribution in [0.5, 0.6) is 0 Å². The molecule has 0 bridgehead atoms. The van der Waals surface area contributed by atoms with Gasteiger partial charge in [-0.1, -0.05) is 6.07 Å². The van der Waals surface area contributed by atoms with Crippen LogP contribution in [0.3, 0.4) is 0 Å². The van der Waals surface area contributed by atoms with Crippen LogP contribution in [0.15, 0.2) is 36.0 Å². The van der Waals surface area contributed by atoms with Gasteiger partial charge in [0, 0.05) is 44.0 Å². The molecule has 0 unspecified atom stereocenters. The maximum absolute atomic E-state index is 12.7. The lowest BCUT2D eigenvalue weighted by Gasteiger charge is -2.29. The van der Waals surface area contributed by atoms with Crippen molar-refractivity contribution in [2.24, 2.45) is 0 Å². The molecule has 1 aliphatic rings. The number of rotatable bonds is 6. The van der Waals surface area contributed by atoms with Gasteiger partial charge in [-0.2, -0.15) is 0 Å². The maximum Gasteiger partial charge on any atom is 0.272 e. The van der Waals surface area contributed by atoms with E-state index in [-0.39, 0.29) is 5.91 Å². The molecule has 1 amide bonds. The zero-order chi connectivity index (χ0) is 15.9. The van der Waals surface area contributed by atoms with Gasteiger partial charge in [0.1, 0.15) is 10.7 Å². The molecule has 0 aliphatic carbocycles. The average molecular weight is 332 g/mol. The highest BCUT2D eigenvalue weighted by Gasteiger charge is 2.20. The van der Waals surface area contributed by atoms with Gasteiger partial charge in [0.05, 0.1) is 19.8 Å². The Labute approximate surface area is 139 Å². The summed E-state index contributed by atoms with van der Waals surface area (Å²) in [6.07, 6.45) is 3.42. The van der Waals surface area contributed by atoms with Gasteiger partial charge in [0.25, 0.3) is 5.91 Å². The lowest BCUT2D eigenvalue weighted by atomic mass is 10.3.